The summed E-state index contributed by atoms with van der Waals surface area (Å²) in [6, 6.07) is 0. The highest BCUT2D eigenvalue weighted by atomic mass is 35.5. The average molecular weight is 292 g/mol. The van der Waals surface area contributed by atoms with E-state index in [1.54, 1.807) is 0 Å². The van der Waals surface area contributed by atoms with Gasteiger partial charge in [-0.05, 0) is 6.42 Å². The zero-order chi connectivity index (χ0) is 13.3. The summed E-state index contributed by atoms with van der Waals surface area (Å²) in [5.74, 6) is 0.107. The van der Waals surface area contributed by atoms with E-state index < -0.39 is 18.6 Å². The van der Waals surface area contributed by atoms with E-state index >= 15 is 0 Å². The number of nitrogens with one attached hydrogen (secondary N) is 1. The first-order chi connectivity index (χ1) is 7.99. The van der Waals surface area contributed by atoms with Crippen molar-refractivity contribution >= 4 is 29.1 Å². The molecule has 0 heterocycles. The summed E-state index contributed by atoms with van der Waals surface area (Å²) in [7, 11) is 0. The van der Waals surface area contributed by atoms with Gasteiger partial charge in [0, 0.05) is 18.2 Å². The second kappa shape index (κ2) is 8.89. The molecule has 0 bridgehead atoms. The lowest BCUT2D eigenvalue weighted by Gasteiger charge is -2.29. The Labute approximate surface area is 110 Å². The van der Waals surface area contributed by atoms with Crippen LogP contribution in [0.25, 0.3) is 0 Å². The topological polar surface area (TPSA) is 38.3 Å². The summed E-state index contributed by atoms with van der Waals surface area (Å²) in [5, 5.41) is 2.70. The molecule has 0 rings (SSSR count). The first-order valence-electron chi connectivity index (χ1n) is 5.28. The molecule has 0 fully saturated rings. The molecule has 1 N–H and O–H groups in total. The molecule has 0 radical (unpaired) electrons. The third kappa shape index (κ3) is 7.01. The van der Waals surface area contributed by atoms with Crippen LogP contribution < -0.4 is 5.32 Å². The van der Waals surface area contributed by atoms with Crippen LogP contribution >= 0.6 is 23.2 Å². The van der Waals surface area contributed by atoms with Crippen molar-refractivity contribution in [2.24, 2.45) is 0 Å². The van der Waals surface area contributed by atoms with Crippen molar-refractivity contribution in [3.05, 3.63) is 0 Å². The van der Waals surface area contributed by atoms with Crippen molar-refractivity contribution < 1.29 is 18.3 Å². The maximum atomic E-state index is 11.7. The van der Waals surface area contributed by atoms with E-state index in [1.807, 2.05) is 6.92 Å². The van der Waals surface area contributed by atoms with Gasteiger partial charge in [0.2, 0.25) is 5.91 Å². The van der Waals surface area contributed by atoms with E-state index in [0.29, 0.717) is 6.42 Å². The summed E-state index contributed by atoms with van der Waals surface area (Å²) in [6.07, 6.45) is -1.90. The summed E-state index contributed by atoms with van der Waals surface area (Å²) in [6.45, 7) is 1.16. The number of ether oxygens (including phenoxy) is 1. The minimum atomic E-state index is -2.52. The fourth-order valence-corrected chi connectivity index (χ4v) is 1.87. The molecule has 0 aromatic carbocycles. The first kappa shape index (κ1) is 16.9. The first-order valence-corrected chi connectivity index (χ1v) is 6.35. The molecule has 0 aliphatic rings. The van der Waals surface area contributed by atoms with Gasteiger partial charge in [0.05, 0.1) is 12.1 Å². The Hall–Kier alpha value is -0.130. The van der Waals surface area contributed by atoms with Crippen molar-refractivity contribution in [2.75, 3.05) is 25.0 Å². The van der Waals surface area contributed by atoms with Gasteiger partial charge in [0.25, 0.3) is 6.43 Å². The Morgan fingerprint density at radius 2 is 2.00 bits per heavy atom. The number of alkyl halides is 4. The minimum Gasteiger partial charge on any atom is -0.375 e. The van der Waals surface area contributed by atoms with Gasteiger partial charge in [-0.3, -0.25) is 4.79 Å². The molecule has 0 saturated heterocycles. The van der Waals surface area contributed by atoms with Gasteiger partial charge in [0.1, 0.15) is 6.61 Å². The summed E-state index contributed by atoms with van der Waals surface area (Å²) < 4.78 is 28.1. The highest BCUT2D eigenvalue weighted by molar-refractivity contribution is 6.22. The Bertz CT molecular complexity index is 218. The Morgan fingerprint density at radius 3 is 2.41 bits per heavy atom. The van der Waals surface area contributed by atoms with E-state index in [0.717, 1.165) is 0 Å². The van der Waals surface area contributed by atoms with Crippen LogP contribution in [0.2, 0.25) is 0 Å². The van der Waals surface area contributed by atoms with Crippen LogP contribution in [0.4, 0.5) is 8.78 Å². The lowest BCUT2D eigenvalue weighted by molar-refractivity contribution is -0.124. The standard InChI is InChI=1S/C10H17Cl2F2NO2/c1-2-10(6-11,7-12)15-9(16)3-4-17-5-8(13)14/h8H,2-7H2,1H3,(H,15,16). The molecule has 0 saturated carbocycles. The maximum absolute atomic E-state index is 11.7. The van der Waals surface area contributed by atoms with E-state index in [4.69, 9.17) is 23.2 Å². The van der Waals surface area contributed by atoms with Gasteiger partial charge in [-0.15, -0.1) is 23.2 Å². The number of hydrogen-bond acceptors (Lipinski definition) is 2. The quantitative estimate of drug-likeness (QED) is 0.523. The molecule has 0 aliphatic carbocycles. The largest absolute Gasteiger partial charge is 0.375 e. The number of halogens is 4. The van der Waals surface area contributed by atoms with Crippen molar-refractivity contribution in [3.8, 4) is 0 Å². The van der Waals surface area contributed by atoms with Crippen LogP contribution in [-0.4, -0.2) is 42.8 Å². The smallest absolute Gasteiger partial charge is 0.261 e. The molecule has 1 amide bonds. The Kier molecular flexibility index (Phi) is 8.82. The van der Waals surface area contributed by atoms with Crippen molar-refractivity contribution in [1.82, 2.24) is 5.32 Å². The summed E-state index contributed by atoms with van der Waals surface area (Å²) in [4.78, 5) is 11.5. The van der Waals surface area contributed by atoms with E-state index in [1.165, 1.54) is 0 Å². The van der Waals surface area contributed by atoms with Crippen molar-refractivity contribution in [3.63, 3.8) is 0 Å². The highest BCUT2D eigenvalue weighted by Crippen LogP contribution is 2.14. The van der Waals surface area contributed by atoms with Gasteiger partial charge in [0.15, 0.2) is 0 Å². The average Bonchev–Trinajstić information content (AvgIpc) is 2.32. The second-order valence-corrected chi connectivity index (χ2v) is 4.20. The van der Waals surface area contributed by atoms with Crippen LogP contribution in [0.5, 0.6) is 0 Å². The normalized spacial score (nSPS) is 11.9. The number of carbonyl (C=O) groups is 1. The van der Waals surface area contributed by atoms with Crippen molar-refractivity contribution in [2.45, 2.75) is 31.7 Å². The number of hydrogen-bond donors (Lipinski definition) is 1. The van der Waals surface area contributed by atoms with Crippen LogP contribution in [0.15, 0.2) is 0 Å². The molecule has 0 atom stereocenters. The minimum absolute atomic E-state index is 0.0161. The summed E-state index contributed by atoms with van der Waals surface area (Å²) >= 11 is 11.5. The molecular formula is C10H17Cl2F2NO2. The molecule has 0 aromatic rings. The zero-order valence-electron chi connectivity index (χ0n) is 9.65. The van der Waals surface area contributed by atoms with Crippen molar-refractivity contribution in [1.29, 1.82) is 0 Å². The molecule has 17 heavy (non-hydrogen) atoms. The molecule has 0 aliphatic heterocycles. The monoisotopic (exact) mass is 291 g/mol. The van der Waals surface area contributed by atoms with E-state index in [-0.39, 0.29) is 30.7 Å². The fraction of sp³-hybridized carbons (Fsp3) is 0.900. The predicted octanol–water partition coefficient (Wildman–Crippen LogP) is 2.40. The Morgan fingerprint density at radius 1 is 1.41 bits per heavy atom. The van der Waals surface area contributed by atoms with Crippen LogP contribution in [0.3, 0.4) is 0 Å². The highest BCUT2D eigenvalue weighted by Gasteiger charge is 2.27. The lowest BCUT2D eigenvalue weighted by Crippen LogP contribution is -2.51. The molecule has 0 aromatic heterocycles. The molecule has 7 heteroatoms. The molecule has 3 nitrogen and oxygen atoms in total. The Balaban J connectivity index is 3.91. The van der Waals surface area contributed by atoms with Crippen LogP contribution in [-0.2, 0) is 9.53 Å². The molecule has 0 unspecified atom stereocenters. The SMILES string of the molecule is CCC(CCl)(CCl)NC(=O)CCOCC(F)F. The third-order valence-electron chi connectivity index (χ3n) is 2.31. The van der Waals surface area contributed by atoms with E-state index in [9.17, 15) is 13.6 Å². The van der Waals surface area contributed by atoms with Gasteiger partial charge >= 0.3 is 0 Å². The molecule has 102 valence electrons. The third-order valence-corrected chi connectivity index (χ3v) is 3.33. The zero-order valence-corrected chi connectivity index (χ0v) is 11.2. The fourth-order valence-electron chi connectivity index (χ4n) is 1.08. The second-order valence-electron chi connectivity index (χ2n) is 3.67. The number of rotatable bonds is 9. The van der Waals surface area contributed by atoms with Gasteiger partial charge in [-0.25, -0.2) is 8.78 Å². The molecule has 0 spiro atoms. The van der Waals surface area contributed by atoms with Crippen LogP contribution in [0, 0.1) is 0 Å². The number of carbonyl (C=O) groups excluding carboxylic acids is 1. The molecular weight excluding hydrogens is 275 g/mol. The van der Waals surface area contributed by atoms with E-state index in [2.05, 4.69) is 10.1 Å². The lowest BCUT2D eigenvalue weighted by atomic mass is 10.0. The summed E-state index contributed by atoms with van der Waals surface area (Å²) in [5.41, 5.74) is -0.636. The van der Waals surface area contributed by atoms with Crippen LogP contribution in [0.1, 0.15) is 19.8 Å². The predicted molar refractivity (Wildman–Crippen MR) is 64.0 cm³/mol. The maximum Gasteiger partial charge on any atom is 0.261 e. The van der Waals surface area contributed by atoms with Gasteiger partial charge < -0.3 is 10.1 Å². The van der Waals surface area contributed by atoms with Gasteiger partial charge in [-0.2, -0.15) is 0 Å². The number of amides is 1. The van der Waals surface area contributed by atoms with Gasteiger partial charge in [-0.1, -0.05) is 6.92 Å².